The van der Waals surface area contributed by atoms with E-state index < -0.39 is 12.0 Å². The quantitative estimate of drug-likeness (QED) is 0.857. The van der Waals surface area contributed by atoms with Crippen molar-refractivity contribution in [3.8, 4) is 0 Å². The van der Waals surface area contributed by atoms with Gasteiger partial charge in [0.25, 0.3) is 5.91 Å². The van der Waals surface area contributed by atoms with Crippen LogP contribution >= 0.6 is 0 Å². The van der Waals surface area contributed by atoms with E-state index in [1.165, 1.54) is 18.9 Å². The summed E-state index contributed by atoms with van der Waals surface area (Å²) in [5, 5.41) is 11.6. The van der Waals surface area contributed by atoms with Crippen LogP contribution in [0.25, 0.3) is 0 Å². The standard InChI is InChI=1S/C14H17N3O4/c1-9(13(19)20)16(2)12(18)10-3-5-11(6-4-10)17-8-7-15-14(17)21/h3-6,9H,7-8H2,1-2H3,(H,15,21)(H,19,20). The molecule has 7 nitrogen and oxygen atoms in total. The predicted molar refractivity (Wildman–Crippen MR) is 76.4 cm³/mol. The second-order valence-electron chi connectivity index (χ2n) is 4.86. The molecule has 2 N–H and O–H groups in total. The maximum atomic E-state index is 12.2. The van der Waals surface area contributed by atoms with Crippen LogP contribution in [0.5, 0.6) is 0 Å². The zero-order valence-electron chi connectivity index (χ0n) is 11.9. The highest BCUT2D eigenvalue weighted by Gasteiger charge is 2.24. The van der Waals surface area contributed by atoms with Crippen LogP contribution in [0.15, 0.2) is 24.3 Å². The highest BCUT2D eigenvalue weighted by atomic mass is 16.4. The van der Waals surface area contributed by atoms with Gasteiger partial charge in [0.2, 0.25) is 0 Å². The molecule has 1 unspecified atom stereocenters. The molecule has 1 atom stereocenters. The Labute approximate surface area is 122 Å². The summed E-state index contributed by atoms with van der Waals surface area (Å²) in [6.45, 7) is 2.63. The Morgan fingerprint density at radius 1 is 1.33 bits per heavy atom. The number of anilines is 1. The summed E-state index contributed by atoms with van der Waals surface area (Å²) < 4.78 is 0. The number of carbonyl (C=O) groups is 3. The van der Waals surface area contributed by atoms with Gasteiger partial charge in [0.1, 0.15) is 6.04 Å². The number of benzene rings is 1. The van der Waals surface area contributed by atoms with Gasteiger partial charge in [0, 0.05) is 31.4 Å². The van der Waals surface area contributed by atoms with Crippen molar-refractivity contribution in [1.82, 2.24) is 10.2 Å². The molecule has 0 radical (unpaired) electrons. The van der Waals surface area contributed by atoms with Crippen LogP contribution in [-0.4, -0.2) is 54.1 Å². The summed E-state index contributed by atoms with van der Waals surface area (Å²) in [4.78, 5) is 37.3. The number of carboxylic acid groups (broad SMARTS) is 1. The van der Waals surface area contributed by atoms with Crippen molar-refractivity contribution in [2.24, 2.45) is 0 Å². The molecule has 1 aliphatic heterocycles. The molecule has 1 aromatic rings. The molecule has 1 aromatic carbocycles. The number of rotatable bonds is 4. The monoisotopic (exact) mass is 291 g/mol. The molecule has 1 fully saturated rings. The fourth-order valence-electron chi connectivity index (χ4n) is 2.05. The van der Waals surface area contributed by atoms with Gasteiger partial charge in [-0.25, -0.2) is 9.59 Å². The van der Waals surface area contributed by atoms with Gasteiger partial charge in [-0.15, -0.1) is 0 Å². The molecule has 0 saturated carbocycles. The van der Waals surface area contributed by atoms with Crippen LogP contribution < -0.4 is 10.2 Å². The van der Waals surface area contributed by atoms with Crippen molar-refractivity contribution in [1.29, 1.82) is 0 Å². The van der Waals surface area contributed by atoms with Crippen LogP contribution in [0, 0.1) is 0 Å². The SMILES string of the molecule is CC(C(=O)O)N(C)C(=O)c1ccc(N2CCNC2=O)cc1. The average Bonchev–Trinajstić information content (AvgIpc) is 2.91. The fourth-order valence-corrected chi connectivity index (χ4v) is 2.05. The zero-order valence-corrected chi connectivity index (χ0v) is 11.9. The predicted octanol–water partition coefficient (Wildman–Crippen LogP) is 0.761. The molecule has 0 aliphatic carbocycles. The number of hydrogen-bond acceptors (Lipinski definition) is 3. The molecule has 0 spiro atoms. The molecule has 0 bridgehead atoms. The van der Waals surface area contributed by atoms with Crippen LogP contribution in [0.3, 0.4) is 0 Å². The van der Waals surface area contributed by atoms with Gasteiger partial charge in [-0.2, -0.15) is 0 Å². The van der Waals surface area contributed by atoms with E-state index in [4.69, 9.17) is 5.11 Å². The first-order chi connectivity index (χ1) is 9.91. The summed E-state index contributed by atoms with van der Waals surface area (Å²) in [5.74, 6) is -1.43. The van der Waals surface area contributed by atoms with E-state index in [0.29, 0.717) is 24.3 Å². The largest absolute Gasteiger partial charge is 0.480 e. The molecular weight excluding hydrogens is 274 g/mol. The molecule has 1 saturated heterocycles. The summed E-state index contributed by atoms with van der Waals surface area (Å²) in [6.07, 6.45) is 0. The van der Waals surface area contributed by atoms with Crippen LogP contribution in [0.4, 0.5) is 10.5 Å². The number of carboxylic acids is 1. The number of nitrogens with zero attached hydrogens (tertiary/aromatic N) is 2. The van der Waals surface area contributed by atoms with Gasteiger partial charge in [0.15, 0.2) is 0 Å². The number of hydrogen-bond donors (Lipinski definition) is 2. The third-order valence-electron chi connectivity index (χ3n) is 3.54. The number of likely N-dealkylation sites (N-methyl/N-ethyl adjacent to an activating group) is 1. The van der Waals surface area contributed by atoms with E-state index in [-0.39, 0.29) is 11.9 Å². The second-order valence-corrected chi connectivity index (χ2v) is 4.86. The van der Waals surface area contributed by atoms with Crippen LogP contribution in [0.2, 0.25) is 0 Å². The van der Waals surface area contributed by atoms with Crippen molar-refractivity contribution < 1.29 is 19.5 Å². The van der Waals surface area contributed by atoms with Crippen molar-refractivity contribution in [3.63, 3.8) is 0 Å². The van der Waals surface area contributed by atoms with Gasteiger partial charge < -0.3 is 15.3 Å². The lowest BCUT2D eigenvalue weighted by Gasteiger charge is -2.22. The van der Waals surface area contributed by atoms with Crippen molar-refractivity contribution >= 4 is 23.6 Å². The van der Waals surface area contributed by atoms with E-state index in [1.54, 1.807) is 29.2 Å². The number of carbonyl (C=O) groups excluding carboxylic acids is 2. The maximum Gasteiger partial charge on any atom is 0.326 e. The third-order valence-corrected chi connectivity index (χ3v) is 3.54. The van der Waals surface area contributed by atoms with Gasteiger partial charge in [-0.1, -0.05) is 0 Å². The molecule has 1 aliphatic rings. The van der Waals surface area contributed by atoms with Gasteiger partial charge in [-0.05, 0) is 31.2 Å². The Bertz CT molecular complexity index is 570. The lowest BCUT2D eigenvalue weighted by atomic mass is 10.1. The number of aliphatic carboxylic acids is 1. The number of nitrogens with one attached hydrogen (secondary N) is 1. The molecule has 2 rings (SSSR count). The fraction of sp³-hybridized carbons (Fsp3) is 0.357. The summed E-state index contributed by atoms with van der Waals surface area (Å²) in [5.41, 5.74) is 1.09. The Hall–Kier alpha value is -2.57. The van der Waals surface area contributed by atoms with E-state index >= 15 is 0 Å². The Kier molecular flexibility index (Phi) is 4.11. The summed E-state index contributed by atoms with van der Waals surface area (Å²) >= 11 is 0. The van der Waals surface area contributed by atoms with Crippen LogP contribution in [-0.2, 0) is 4.79 Å². The van der Waals surface area contributed by atoms with Gasteiger partial charge >= 0.3 is 12.0 Å². The minimum absolute atomic E-state index is 0.161. The normalized spacial score (nSPS) is 15.5. The molecule has 112 valence electrons. The Morgan fingerprint density at radius 2 is 1.95 bits per heavy atom. The van der Waals surface area contributed by atoms with Crippen molar-refractivity contribution in [2.45, 2.75) is 13.0 Å². The maximum absolute atomic E-state index is 12.2. The molecule has 3 amide bonds. The topological polar surface area (TPSA) is 89.9 Å². The first kappa shape index (κ1) is 14.8. The Balaban J connectivity index is 2.13. The average molecular weight is 291 g/mol. The van der Waals surface area contributed by atoms with Gasteiger partial charge in [0.05, 0.1) is 0 Å². The Morgan fingerprint density at radius 3 is 2.43 bits per heavy atom. The zero-order chi connectivity index (χ0) is 15.6. The van der Waals surface area contributed by atoms with Crippen molar-refractivity contribution in [3.05, 3.63) is 29.8 Å². The molecule has 21 heavy (non-hydrogen) atoms. The first-order valence-electron chi connectivity index (χ1n) is 6.57. The highest BCUT2D eigenvalue weighted by Crippen LogP contribution is 2.18. The number of urea groups is 1. The van der Waals surface area contributed by atoms with Crippen LogP contribution in [0.1, 0.15) is 17.3 Å². The summed E-state index contributed by atoms with van der Waals surface area (Å²) in [7, 11) is 1.45. The lowest BCUT2D eigenvalue weighted by Crippen LogP contribution is -2.40. The molecule has 1 heterocycles. The van der Waals surface area contributed by atoms with E-state index in [0.717, 1.165) is 0 Å². The minimum atomic E-state index is -1.06. The van der Waals surface area contributed by atoms with Gasteiger partial charge in [-0.3, -0.25) is 9.69 Å². The molecule has 0 aromatic heterocycles. The highest BCUT2D eigenvalue weighted by molar-refractivity contribution is 5.98. The lowest BCUT2D eigenvalue weighted by molar-refractivity contribution is -0.141. The van der Waals surface area contributed by atoms with E-state index in [2.05, 4.69) is 5.32 Å². The number of amides is 3. The van der Waals surface area contributed by atoms with E-state index in [9.17, 15) is 14.4 Å². The smallest absolute Gasteiger partial charge is 0.326 e. The first-order valence-corrected chi connectivity index (χ1v) is 6.57. The molecular formula is C14H17N3O4. The molecule has 7 heteroatoms. The third kappa shape index (κ3) is 2.96. The van der Waals surface area contributed by atoms with E-state index in [1.807, 2.05) is 0 Å². The summed E-state index contributed by atoms with van der Waals surface area (Å²) in [6, 6.07) is 5.48. The second kappa shape index (κ2) is 5.82. The van der Waals surface area contributed by atoms with Crippen molar-refractivity contribution in [2.75, 3.05) is 25.0 Å². The minimum Gasteiger partial charge on any atom is -0.480 e.